The molecule has 1 heterocycles. The van der Waals surface area contributed by atoms with Gasteiger partial charge in [0.2, 0.25) is 0 Å². The van der Waals surface area contributed by atoms with Gasteiger partial charge in [-0.05, 0) is 46.7 Å². The summed E-state index contributed by atoms with van der Waals surface area (Å²) in [4.78, 5) is 6.54. The minimum atomic E-state index is 0.297. The van der Waals surface area contributed by atoms with Gasteiger partial charge in [-0.15, -0.1) is 0 Å². The van der Waals surface area contributed by atoms with Crippen LogP contribution in [0.5, 0.6) is 0 Å². The molecule has 0 fully saturated rings. The number of hydrogen-bond acceptors (Lipinski definition) is 4. The summed E-state index contributed by atoms with van der Waals surface area (Å²) in [5.41, 5.74) is 0. The van der Waals surface area contributed by atoms with E-state index >= 15 is 0 Å². The molecule has 0 amide bonds. The maximum atomic E-state index is 8.70. The van der Waals surface area contributed by atoms with Crippen molar-refractivity contribution in [1.29, 1.82) is 0 Å². The summed E-state index contributed by atoms with van der Waals surface area (Å²) in [5.74, 6) is 1.02. The second kappa shape index (κ2) is 7.40. The molecule has 1 aromatic rings. The van der Waals surface area contributed by atoms with E-state index in [-0.39, 0.29) is 0 Å². The lowest BCUT2D eigenvalue weighted by Crippen LogP contribution is -2.22. The molecule has 5 heteroatoms. The smallest absolute Gasteiger partial charge is 0.141 e. The van der Waals surface area contributed by atoms with Gasteiger partial charge >= 0.3 is 0 Å². The molecule has 0 atom stereocenters. The van der Waals surface area contributed by atoms with Gasteiger partial charge in [0.05, 0.1) is 6.54 Å². The predicted octanol–water partition coefficient (Wildman–Crippen LogP) is 1.45. The molecule has 0 aliphatic carbocycles. The van der Waals surface area contributed by atoms with Crippen LogP contribution in [0.2, 0.25) is 0 Å². The Kier molecular flexibility index (Phi) is 6.15. The Morgan fingerprint density at radius 2 is 2.12 bits per heavy atom. The van der Waals surface area contributed by atoms with Crippen LogP contribution >= 0.6 is 0 Å². The highest BCUT2D eigenvalue weighted by atomic mass is 16.2. The molecule has 0 spiro atoms. The number of aromatic nitrogens is 3. The van der Waals surface area contributed by atoms with Crippen molar-refractivity contribution in [2.24, 2.45) is 0 Å². The monoisotopic (exact) mass is 240 g/mol. The Hall–Kier alpha value is -0.940. The Balaban J connectivity index is 2.34. The van der Waals surface area contributed by atoms with E-state index in [2.05, 4.69) is 35.9 Å². The van der Waals surface area contributed by atoms with Crippen molar-refractivity contribution in [1.82, 2.24) is 19.7 Å². The van der Waals surface area contributed by atoms with Gasteiger partial charge < -0.3 is 5.11 Å². The summed E-state index contributed by atoms with van der Waals surface area (Å²) in [5, 5.41) is 12.9. The van der Waals surface area contributed by atoms with Crippen LogP contribution in [0.25, 0.3) is 0 Å². The maximum Gasteiger partial charge on any atom is 0.141 e. The Morgan fingerprint density at radius 1 is 1.35 bits per heavy atom. The largest absolute Gasteiger partial charge is 0.396 e. The molecular weight excluding hydrogens is 216 g/mol. The minimum absolute atomic E-state index is 0.297. The molecule has 0 unspecified atom stereocenters. The molecular formula is C12H24N4O. The van der Waals surface area contributed by atoms with Crippen molar-refractivity contribution in [3.05, 3.63) is 12.2 Å². The summed E-state index contributed by atoms with van der Waals surface area (Å²) >= 11 is 0. The zero-order valence-corrected chi connectivity index (χ0v) is 11.1. The molecule has 98 valence electrons. The van der Waals surface area contributed by atoms with Crippen LogP contribution in [-0.2, 0) is 6.54 Å². The van der Waals surface area contributed by atoms with Crippen molar-refractivity contribution in [3.63, 3.8) is 0 Å². The van der Waals surface area contributed by atoms with Crippen LogP contribution in [0, 0.1) is 0 Å². The van der Waals surface area contributed by atoms with Crippen molar-refractivity contribution in [2.45, 2.75) is 45.7 Å². The molecule has 0 radical (unpaired) electrons. The van der Waals surface area contributed by atoms with Crippen molar-refractivity contribution < 1.29 is 5.11 Å². The van der Waals surface area contributed by atoms with E-state index in [9.17, 15) is 0 Å². The third-order valence-corrected chi connectivity index (χ3v) is 2.75. The number of unbranched alkanes of at least 4 members (excludes halogenated alkanes) is 2. The lowest BCUT2D eigenvalue weighted by atomic mass is 10.2. The molecule has 0 bridgehead atoms. The van der Waals surface area contributed by atoms with Crippen LogP contribution in [0.4, 0.5) is 0 Å². The van der Waals surface area contributed by atoms with E-state index in [1.54, 1.807) is 6.33 Å². The molecule has 0 aliphatic rings. The normalized spacial score (nSPS) is 11.6. The number of nitrogens with zero attached hydrogens (tertiary/aromatic N) is 4. The molecule has 0 saturated carbocycles. The predicted molar refractivity (Wildman–Crippen MR) is 67.7 cm³/mol. The maximum absolute atomic E-state index is 8.70. The average molecular weight is 240 g/mol. The lowest BCUT2D eigenvalue weighted by molar-refractivity contribution is 0.267. The van der Waals surface area contributed by atoms with Gasteiger partial charge in [0.15, 0.2) is 0 Å². The summed E-state index contributed by atoms with van der Waals surface area (Å²) in [6.07, 6.45) is 4.72. The summed E-state index contributed by atoms with van der Waals surface area (Å²) in [6, 6.07) is 0.357. The standard InChI is InChI=1S/C12H24N4O/c1-11(2)16-12(13-10-14-16)9-15(3)7-5-4-6-8-17/h10-11,17H,4-9H2,1-3H3. The summed E-state index contributed by atoms with van der Waals surface area (Å²) < 4.78 is 1.96. The minimum Gasteiger partial charge on any atom is -0.396 e. The fourth-order valence-electron chi connectivity index (χ4n) is 1.81. The second-order valence-corrected chi connectivity index (χ2v) is 4.74. The van der Waals surface area contributed by atoms with E-state index in [0.29, 0.717) is 12.6 Å². The van der Waals surface area contributed by atoms with E-state index < -0.39 is 0 Å². The van der Waals surface area contributed by atoms with Crippen LogP contribution in [0.1, 0.15) is 45.0 Å². The first-order valence-electron chi connectivity index (χ1n) is 6.33. The average Bonchev–Trinajstić information content (AvgIpc) is 2.72. The number of hydrogen-bond donors (Lipinski definition) is 1. The highest BCUT2D eigenvalue weighted by Gasteiger charge is 2.09. The second-order valence-electron chi connectivity index (χ2n) is 4.74. The van der Waals surface area contributed by atoms with Gasteiger partial charge in [-0.2, -0.15) is 5.10 Å². The quantitative estimate of drug-likeness (QED) is 0.699. The fraction of sp³-hybridized carbons (Fsp3) is 0.833. The van der Waals surface area contributed by atoms with Crippen LogP contribution < -0.4 is 0 Å². The van der Waals surface area contributed by atoms with Gasteiger partial charge in [0.1, 0.15) is 12.2 Å². The van der Waals surface area contributed by atoms with Crippen LogP contribution in [0.3, 0.4) is 0 Å². The van der Waals surface area contributed by atoms with Gasteiger partial charge in [-0.1, -0.05) is 0 Å². The number of aliphatic hydroxyl groups excluding tert-OH is 1. The van der Waals surface area contributed by atoms with E-state index in [0.717, 1.165) is 38.2 Å². The fourth-order valence-corrected chi connectivity index (χ4v) is 1.81. The highest BCUT2D eigenvalue weighted by Crippen LogP contribution is 2.07. The Morgan fingerprint density at radius 3 is 2.76 bits per heavy atom. The molecule has 17 heavy (non-hydrogen) atoms. The zero-order valence-electron chi connectivity index (χ0n) is 11.1. The first-order valence-corrected chi connectivity index (χ1v) is 6.33. The van der Waals surface area contributed by atoms with Crippen LogP contribution in [-0.4, -0.2) is 45.0 Å². The van der Waals surface area contributed by atoms with E-state index in [1.165, 1.54) is 0 Å². The molecule has 0 saturated heterocycles. The van der Waals surface area contributed by atoms with Gasteiger partial charge in [-0.25, -0.2) is 9.67 Å². The molecule has 0 aromatic carbocycles. The third-order valence-electron chi connectivity index (χ3n) is 2.75. The van der Waals surface area contributed by atoms with Crippen molar-refractivity contribution in [2.75, 3.05) is 20.2 Å². The topological polar surface area (TPSA) is 54.2 Å². The van der Waals surface area contributed by atoms with Crippen LogP contribution in [0.15, 0.2) is 6.33 Å². The van der Waals surface area contributed by atoms with E-state index in [1.807, 2.05) is 4.68 Å². The summed E-state index contributed by atoms with van der Waals surface area (Å²) in [7, 11) is 2.10. The highest BCUT2D eigenvalue weighted by molar-refractivity contribution is 4.86. The van der Waals surface area contributed by atoms with Crippen molar-refractivity contribution >= 4 is 0 Å². The summed E-state index contributed by atoms with van der Waals surface area (Å²) in [6.45, 7) is 6.38. The van der Waals surface area contributed by atoms with Gasteiger partial charge in [-0.3, -0.25) is 4.90 Å². The zero-order chi connectivity index (χ0) is 12.7. The van der Waals surface area contributed by atoms with Gasteiger partial charge in [0.25, 0.3) is 0 Å². The first-order chi connectivity index (χ1) is 8.15. The van der Waals surface area contributed by atoms with E-state index in [4.69, 9.17) is 5.11 Å². The Labute approximate surface area is 103 Å². The van der Waals surface area contributed by atoms with Crippen molar-refractivity contribution in [3.8, 4) is 0 Å². The molecule has 1 rings (SSSR count). The number of aliphatic hydroxyl groups is 1. The SMILES string of the molecule is CC(C)n1ncnc1CN(C)CCCCCO. The number of rotatable bonds is 8. The lowest BCUT2D eigenvalue weighted by Gasteiger charge is -2.17. The van der Waals surface area contributed by atoms with Gasteiger partial charge in [0, 0.05) is 12.6 Å². The molecule has 1 N–H and O–H groups in total. The molecule has 0 aliphatic heterocycles. The molecule has 5 nitrogen and oxygen atoms in total. The Bertz CT molecular complexity index is 311. The molecule has 1 aromatic heterocycles. The first kappa shape index (κ1) is 14.1. The third kappa shape index (κ3) is 4.83.